The highest BCUT2D eigenvalue weighted by Crippen LogP contribution is 2.35. The van der Waals surface area contributed by atoms with Crippen LogP contribution in [-0.2, 0) is 4.79 Å². The number of hydrogen-bond acceptors (Lipinski definition) is 2. The lowest BCUT2D eigenvalue weighted by Crippen LogP contribution is -2.49. The third-order valence-electron chi connectivity index (χ3n) is 6.18. The summed E-state index contributed by atoms with van der Waals surface area (Å²) < 4.78 is 0. The molecule has 1 unspecified atom stereocenters. The number of nitrogens with zero attached hydrogens (tertiary/aromatic N) is 1. The number of carbonyl (C=O) groups is 2. The quantitative estimate of drug-likeness (QED) is 0.839. The van der Waals surface area contributed by atoms with Gasteiger partial charge in [-0.2, -0.15) is 0 Å². The molecule has 0 aromatic carbocycles. The molecular weight excluding hydrogens is 290 g/mol. The Morgan fingerprint density at radius 1 is 0.913 bits per heavy atom. The van der Waals surface area contributed by atoms with Crippen molar-refractivity contribution in [3.05, 3.63) is 0 Å². The van der Waals surface area contributed by atoms with Crippen molar-refractivity contribution in [1.82, 2.24) is 15.5 Å². The Kier molecular flexibility index (Phi) is 5.44. The largest absolute Gasteiger partial charge is 0.359 e. The summed E-state index contributed by atoms with van der Waals surface area (Å²) in [4.78, 5) is 26.5. The van der Waals surface area contributed by atoms with Crippen LogP contribution in [0.5, 0.6) is 0 Å². The fourth-order valence-electron chi connectivity index (χ4n) is 4.84. The van der Waals surface area contributed by atoms with E-state index in [1.54, 1.807) is 7.05 Å². The van der Waals surface area contributed by atoms with Gasteiger partial charge in [0, 0.05) is 31.6 Å². The molecule has 5 nitrogen and oxygen atoms in total. The minimum atomic E-state index is 0.131. The average Bonchev–Trinajstić information content (AvgIpc) is 3.25. The average molecular weight is 321 g/mol. The summed E-state index contributed by atoms with van der Waals surface area (Å²) in [6.07, 6.45) is 11.2. The second kappa shape index (κ2) is 7.54. The van der Waals surface area contributed by atoms with E-state index >= 15 is 0 Å². The van der Waals surface area contributed by atoms with Gasteiger partial charge in [0.2, 0.25) is 5.91 Å². The molecule has 2 saturated carbocycles. The zero-order chi connectivity index (χ0) is 16.2. The van der Waals surface area contributed by atoms with Crippen molar-refractivity contribution in [3.8, 4) is 0 Å². The van der Waals surface area contributed by atoms with Gasteiger partial charge in [-0.05, 0) is 57.3 Å². The molecule has 5 heteroatoms. The van der Waals surface area contributed by atoms with E-state index in [0.29, 0.717) is 6.04 Å². The van der Waals surface area contributed by atoms with Crippen LogP contribution in [0.3, 0.4) is 0 Å². The summed E-state index contributed by atoms with van der Waals surface area (Å²) in [5, 5.41) is 5.98. The van der Waals surface area contributed by atoms with E-state index in [2.05, 4.69) is 15.5 Å². The maximum absolute atomic E-state index is 12.7. The summed E-state index contributed by atoms with van der Waals surface area (Å²) in [6, 6.07) is 0.857. The molecule has 0 aromatic rings. The van der Waals surface area contributed by atoms with Crippen LogP contribution in [0.25, 0.3) is 0 Å². The standard InChI is InChI=1S/C18H31N3O2/c1-19-17(22)14-8-10-15(11-9-14)20-18(23)21-12-4-7-16(21)13-5-2-3-6-13/h13-16H,2-12H2,1H3,(H,19,22)(H,20,23). The van der Waals surface area contributed by atoms with Gasteiger partial charge < -0.3 is 15.5 Å². The van der Waals surface area contributed by atoms with Crippen molar-refractivity contribution < 1.29 is 9.59 Å². The Morgan fingerprint density at radius 2 is 1.61 bits per heavy atom. The number of rotatable bonds is 3. The maximum atomic E-state index is 12.7. The lowest BCUT2D eigenvalue weighted by atomic mass is 9.85. The van der Waals surface area contributed by atoms with Crippen LogP contribution in [0.2, 0.25) is 0 Å². The smallest absolute Gasteiger partial charge is 0.317 e. The summed E-state index contributed by atoms with van der Waals surface area (Å²) >= 11 is 0. The number of amides is 3. The predicted octanol–water partition coefficient (Wildman–Crippen LogP) is 2.66. The van der Waals surface area contributed by atoms with Crippen molar-refractivity contribution >= 4 is 11.9 Å². The Balaban J connectivity index is 1.48. The van der Waals surface area contributed by atoms with Crippen molar-refractivity contribution in [2.45, 2.75) is 76.3 Å². The Labute approximate surface area is 139 Å². The number of nitrogens with one attached hydrogen (secondary N) is 2. The van der Waals surface area contributed by atoms with Crippen molar-refractivity contribution in [3.63, 3.8) is 0 Å². The number of carbonyl (C=O) groups excluding carboxylic acids is 2. The number of hydrogen-bond donors (Lipinski definition) is 2. The summed E-state index contributed by atoms with van der Waals surface area (Å²) in [6.45, 7) is 0.917. The summed E-state index contributed by atoms with van der Waals surface area (Å²) in [5.41, 5.74) is 0. The van der Waals surface area contributed by atoms with E-state index in [-0.39, 0.29) is 23.9 Å². The zero-order valence-electron chi connectivity index (χ0n) is 14.4. The molecule has 0 spiro atoms. The van der Waals surface area contributed by atoms with Gasteiger partial charge in [-0.3, -0.25) is 4.79 Å². The molecule has 1 aliphatic heterocycles. The molecule has 3 rings (SSSR count). The second-order valence-electron chi connectivity index (χ2n) is 7.56. The Morgan fingerprint density at radius 3 is 2.26 bits per heavy atom. The van der Waals surface area contributed by atoms with Crippen LogP contribution < -0.4 is 10.6 Å². The van der Waals surface area contributed by atoms with Crippen LogP contribution in [0.15, 0.2) is 0 Å². The van der Waals surface area contributed by atoms with E-state index in [1.165, 1.54) is 32.1 Å². The molecule has 2 aliphatic carbocycles. The van der Waals surface area contributed by atoms with E-state index in [9.17, 15) is 9.59 Å². The SMILES string of the molecule is CNC(=O)C1CCC(NC(=O)N2CCCC2C2CCCC2)CC1. The molecule has 2 N–H and O–H groups in total. The molecule has 1 atom stereocenters. The fraction of sp³-hybridized carbons (Fsp3) is 0.889. The lowest BCUT2D eigenvalue weighted by molar-refractivity contribution is -0.125. The second-order valence-corrected chi connectivity index (χ2v) is 7.56. The molecule has 0 bridgehead atoms. The highest BCUT2D eigenvalue weighted by atomic mass is 16.2. The van der Waals surface area contributed by atoms with Crippen molar-refractivity contribution in [2.75, 3.05) is 13.6 Å². The minimum absolute atomic E-state index is 0.131. The van der Waals surface area contributed by atoms with Gasteiger partial charge in [0.15, 0.2) is 0 Å². The highest BCUT2D eigenvalue weighted by Gasteiger charge is 2.37. The van der Waals surface area contributed by atoms with Crippen LogP contribution in [0.4, 0.5) is 4.79 Å². The molecule has 1 saturated heterocycles. The first-order valence-corrected chi connectivity index (χ1v) is 9.47. The van der Waals surface area contributed by atoms with Crippen LogP contribution in [0.1, 0.15) is 64.2 Å². The Bertz CT molecular complexity index is 426. The van der Waals surface area contributed by atoms with Crippen LogP contribution in [0, 0.1) is 11.8 Å². The number of likely N-dealkylation sites (tertiary alicyclic amines) is 1. The molecule has 0 aromatic heterocycles. The van der Waals surface area contributed by atoms with Crippen LogP contribution >= 0.6 is 0 Å². The minimum Gasteiger partial charge on any atom is -0.359 e. The van der Waals surface area contributed by atoms with Gasteiger partial charge in [0.1, 0.15) is 0 Å². The molecular formula is C18H31N3O2. The molecule has 1 heterocycles. The molecule has 0 radical (unpaired) electrons. The maximum Gasteiger partial charge on any atom is 0.317 e. The first-order chi connectivity index (χ1) is 11.2. The van der Waals surface area contributed by atoms with Gasteiger partial charge in [0.05, 0.1) is 0 Å². The van der Waals surface area contributed by atoms with Gasteiger partial charge >= 0.3 is 6.03 Å². The molecule has 23 heavy (non-hydrogen) atoms. The molecule has 130 valence electrons. The lowest BCUT2D eigenvalue weighted by Gasteiger charge is -2.33. The highest BCUT2D eigenvalue weighted by molar-refractivity contribution is 5.78. The predicted molar refractivity (Wildman–Crippen MR) is 90.0 cm³/mol. The zero-order valence-corrected chi connectivity index (χ0v) is 14.4. The Hall–Kier alpha value is -1.26. The van der Waals surface area contributed by atoms with E-state index in [1.807, 2.05) is 0 Å². The topological polar surface area (TPSA) is 61.4 Å². The summed E-state index contributed by atoms with van der Waals surface area (Å²) in [7, 11) is 1.70. The van der Waals surface area contributed by atoms with Gasteiger partial charge in [-0.1, -0.05) is 12.8 Å². The third kappa shape index (κ3) is 3.81. The monoisotopic (exact) mass is 321 g/mol. The first kappa shape index (κ1) is 16.6. The van der Waals surface area contributed by atoms with Crippen molar-refractivity contribution in [1.29, 1.82) is 0 Å². The van der Waals surface area contributed by atoms with Gasteiger partial charge in [-0.15, -0.1) is 0 Å². The first-order valence-electron chi connectivity index (χ1n) is 9.47. The molecule has 3 fully saturated rings. The number of urea groups is 1. The normalized spacial score (nSPS) is 32.0. The fourth-order valence-corrected chi connectivity index (χ4v) is 4.84. The third-order valence-corrected chi connectivity index (χ3v) is 6.18. The van der Waals surface area contributed by atoms with Gasteiger partial charge in [0.25, 0.3) is 0 Å². The molecule has 3 aliphatic rings. The van der Waals surface area contributed by atoms with E-state index in [4.69, 9.17) is 0 Å². The molecule has 3 amide bonds. The van der Waals surface area contributed by atoms with Gasteiger partial charge in [-0.25, -0.2) is 4.79 Å². The van der Waals surface area contributed by atoms with E-state index < -0.39 is 0 Å². The summed E-state index contributed by atoms with van der Waals surface area (Å²) in [5.74, 6) is 1.01. The van der Waals surface area contributed by atoms with Crippen molar-refractivity contribution in [2.24, 2.45) is 11.8 Å². The van der Waals surface area contributed by atoms with E-state index in [0.717, 1.165) is 44.6 Å². The van der Waals surface area contributed by atoms with Crippen LogP contribution in [-0.4, -0.2) is 42.5 Å².